The van der Waals surface area contributed by atoms with Crippen LogP contribution in [0.5, 0.6) is 0 Å². The molecule has 5 aromatic rings. The van der Waals surface area contributed by atoms with Gasteiger partial charge in [-0.25, -0.2) is 9.37 Å². The molecule has 4 N–H and O–H groups in total. The number of pyridine rings is 1. The molecule has 0 bridgehead atoms. The van der Waals surface area contributed by atoms with E-state index in [1.54, 1.807) is 10.6 Å². The topological polar surface area (TPSA) is 115 Å². The molecule has 0 fully saturated rings. The smallest absolute Gasteiger partial charge is 0.263 e. The van der Waals surface area contributed by atoms with Crippen LogP contribution in [0, 0.1) is 12.7 Å². The molecule has 9 heteroatoms. The Bertz CT molecular complexity index is 1560. The number of aromatic nitrogens is 5. The number of rotatable bonds is 5. The summed E-state index contributed by atoms with van der Waals surface area (Å²) in [5.41, 5.74) is 9.05. The molecule has 0 aliphatic heterocycles. The van der Waals surface area contributed by atoms with Crippen molar-refractivity contribution in [3.63, 3.8) is 0 Å². The Hall–Kier alpha value is -4.27. The third kappa shape index (κ3) is 3.57. The minimum absolute atomic E-state index is 0.106. The van der Waals surface area contributed by atoms with Crippen LogP contribution in [0.2, 0.25) is 0 Å². The number of aryl methyl sites for hydroxylation is 1. The molecule has 0 spiro atoms. The van der Waals surface area contributed by atoms with E-state index in [4.69, 9.17) is 5.73 Å². The van der Waals surface area contributed by atoms with Crippen molar-refractivity contribution in [3.8, 4) is 5.69 Å². The van der Waals surface area contributed by atoms with Crippen LogP contribution in [0.25, 0.3) is 27.6 Å². The number of hydrogen-bond donors (Lipinski definition) is 3. The number of hydrogen-bond acceptors (Lipinski definition) is 6. The summed E-state index contributed by atoms with van der Waals surface area (Å²) >= 11 is 0. The van der Waals surface area contributed by atoms with Crippen LogP contribution >= 0.6 is 0 Å². The van der Waals surface area contributed by atoms with Crippen LogP contribution < -0.4 is 16.6 Å². The number of aromatic amines is 1. The fraction of sp³-hybridized carbons (Fsp3) is 0.167. The molecule has 0 radical (unpaired) electrons. The first-order valence-corrected chi connectivity index (χ1v) is 10.6. The van der Waals surface area contributed by atoms with E-state index in [1.165, 1.54) is 18.5 Å². The highest BCUT2D eigenvalue weighted by Gasteiger charge is 2.21. The van der Waals surface area contributed by atoms with Crippen molar-refractivity contribution in [1.82, 2.24) is 24.5 Å². The number of anilines is 2. The fourth-order valence-electron chi connectivity index (χ4n) is 4.12. The number of halogens is 1. The second-order valence-electron chi connectivity index (χ2n) is 7.86. The molecule has 0 saturated heterocycles. The summed E-state index contributed by atoms with van der Waals surface area (Å²) in [5, 5.41) is 4.38. The van der Waals surface area contributed by atoms with Gasteiger partial charge in [-0.15, -0.1) is 0 Å². The Morgan fingerprint density at radius 2 is 2.00 bits per heavy atom. The summed E-state index contributed by atoms with van der Waals surface area (Å²) < 4.78 is 15.6. The lowest BCUT2D eigenvalue weighted by Crippen LogP contribution is -2.27. The van der Waals surface area contributed by atoms with Gasteiger partial charge in [0, 0.05) is 5.69 Å². The second-order valence-corrected chi connectivity index (χ2v) is 7.86. The van der Waals surface area contributed by atoms with Crippen LogP contribution in [-0.4, -0.2) is 24.5 Å². The summed E-state index contributed by atoms with van der Waals surface area (Å²) in [7, 11) is 0. The molecule has 2 aromatic carbocycles. The van der Waals surface area contributed by atoms with Crippen LogP contribution in [0.4, 0.5) is 16.2 Å². The summed E-state index contributed by atoms with van der Waals surface area (Å²) in [6.45, 7) is 3.94. The lowest BCUT2D eigenvalue weighted by atomic mass is 10.0. The van der Waals surface area contributed by atoms with Crippen molar-refractivity contribution in [2.75, 3.05) is 11.1 Å². The predicted octanol–water partition coefficient (Wildman–Crippen LogP) is 4.25. The van der Waals surface area contributed by atoms with Gasteiger partial charge in [-0.2, -0.15) is 9.97 Å². The molecule has 0 amide bonds. The first-order chi connectivity index (χ1) is 16.0. The van der Waals surface area contributed by atoms with Gasteiger partial charge in [0.2, 0.25) is 5.95 Å². The first kappa shape index (κ1) is 20.6. The second kappa shape index (κ2) is 8.01. The van der Waals surface area contributed by atoms with E-state index in [0.717, 1.165) is 16.9 Å². The van der Waals surface area contributed by atoms with Crippen LogP contribution in [0.3, 0.4) is 0 Å². The molecular formula is C24H22FN7O. The first-order valence-electron chi connectivity index (χ1n) is 10.6. The minimum Gasteiger partial charge on any atom is -0.368 e. The number of nitrogens with zero attached hydrogens (tertiary/aromatic N) is 4. The lowest BCUT2D eigenvalue weighted by molar-refractivity contribution is 0.629. The average molecular weight is 443 g/mol. The highest BCUT2D eigenvalue weighted by Crippen LogP contribution is 2.29. The highest BCUT2D eigenvalue weighted by molar-refractivity contribution is 5.85. The Kier molecular flexibility index (Phi) is 5.01. The molecule has 0 unspecified atom stereocenters. The van der Waals surface area contributed by atoms with Gasteiger partial charge in [-0.3, -0.25) is 9.36 Å². The van der Waals surface area contributed by atoms with E-state index in [1.807, 2.05) is 44.2 Å². The molecular weight excluding hydrogens is 421 g/mol. The van der Waals surface area contributed by atoms with Crippen LogP contribution in [-0.2, 0) is 0 Å². The molecule has 8 nitrogen and oxygen atoms in total. The van der Waals surface area contributed by atoms with E-state index in [9.17, 15) is 9.18 Å². The third-order valence-corrected chi connectivity index (χ3v) is 5.74. The van der Waals surface area contributed by atoms with Crippen molar-refractivity contribution in [3.05, 3.63) is 82.3 Å². The quantitative estimate of drug-likeness (QED) is 0.374. The van der Waals surface area contributed by atoms with Crippen molar-refractivity contribution in [2.24, 2.45) is 0 Å². The molecule has 0 saturated carbocycles. The van der Waals surface area contributed by atoms with E-state index in [2.05, 4.69) is 25.3 Å². The predicted molar refractivity (Wildman–Crippen MR) is 127 cm³/mol. The molecule has 1 atom stereocenters. The van der Waals surface area contributed by atoms with Gasteiger partial charge in [0.1, 0.15) is 11.3 Å². The maximum atomic E-state index is 14.0. The summed E-state index contributed by atoms with van der Waals surface area (Å²) in [4.78, 5) is 29.4. The van der Waals surface area contributed by atoms with Crippen molar-refractivity contribution < 1.29 is 4.39 Å². The van der Waals surface area contributed by atoms with Gasteiger partial charge >= 0.3 is 0 Å². The maximum absolute atomic E-state index is 14.0. The standard InChI is InChI=1S/C24H22FN7O/c1-3-17(29-22-20-21(28-12-27-20)30-24(26)31-22)19-10-14-8-9-15(25)11-16(14)23(33)32(19)18-7-5-4-6-13(18)2/h4-12,17H,3H2,1-2H3,(H4,26,27,28,29,30,31)/t17-/m0/s1. The van der Waals surface area contributed by atoms with Gasteiger partial charge in [-0.1, -0.05) is 31.2 Å². The largest absolute Gasteiger partial charge is 0.368 e. The molecule has 0 aliphatic carbocycles. The minimum atomic E-state index is -0.453. The van der Waals surface area contributed by atoms with Crippen LogP contribution in [0.1, 0.15) is 30.6 Å². The summed E-state index contributed by atoms with van der Waals surface area (Å²) in [6.07, 6.45) is 2.16. The molecule has 33 heavy (non-hydrogen) atoms. The van der Waals surface area contributed by atoms with Crippen molar-refractivity contribution in [1.29, 1.82) is 0 Å². The number of nitrogens with two attached hydrogens (primary N) is 1. The Balaban J connectivity index is 1.75. The average Bonchev–Trinajstić information content (AvgIpc) is 3.27. The monoisotopic (exact) mass is 443 g/mol. The maximum Gasteiger partial charge on any atom is 0.263 e. The van der Waals surface area contributed by atoms with Gasteiger partial charge in [0.05, 0.1) is 23.4 Å². The van der Waals surface area contributed by atoms with E-state index < -0.39 is 5.82 Å². The number of fused-ring (bicyclic) bond motifs is 2. The molecule has 3 heterocycles. The van der Waals surface area contributed by atoms with Gasteiger partial charge in [0.25, 0.3) is 5.56 Å². The zero-order valence-corrected chi connectivity index (χ0v) is 18.1. The van der Waals surface area contributed by atoms with E-state index in [0.29, 0.717) is 34.2 Å². The summed E-state index contributed by atoms with van der Waals surface area (Å²) in [5.74, 6) is 0.120. The fourth-order valence-corrected chi connectivity index (χ4v) is 4.12. The van der Waals surface area contributed by atoms with Crippen LogP contribution in [0.15, 0.2) is 59.7 Å². The Morgan fingerprint density at radius 3 is 2.79 bits per heavy atom. The Labute approximate surface area is 188 Å². The normalized spacial score (nSPS) is 12.3. The molecule has 166 valence electrons. The van der Waals surface area contributed by atoms with Crippen molar-refractivity contribution in [2.45, 2.75) is 26.3 Å². The molecule has 3 aromatic heterocycles. The van der Waals surface area contributed by atoms with E-state index >= 15 is 0 Å². The molecule has 5 rings (SSSR count). The SMILES string of the molecule is CC[C@H](Nc1nc(N)nc2[nH]cnc12)c1cc2ccc(F)cc2c(=O)n1-c1ccccc1C. The lowest BCUT2D eigenvalue weighted by Gasteiger charge is -2.24. The Morgan fingerprint density at radius 1 is 1.18 bits per heavy atom. The number of para-hydroxylation sites is 1. The van der Waals surface area contributed by atoms with Gasteiger partial charge in [-0.05, 0) is 48.6 Å². The number of H-pyrrole nitrogens is 1. The number of nitrogen functional groups attached to an aromatic ring is 1. The number of benzene rings is 2. The highest BCUT2D eigenvalue weighted by atomic mass is 19.1. The van der Waals surface area contributed by atoms with Gasteiger partial charge in [0.15, 0.2) is 11.5 Å². The third-order valence-electron chi connectivity index (χ3n) is 5.74. The zero-order valence-electron chi connectivity index (χ0n) is 18.1. The van der Waals surface area contributed by atoms with Gasteiger partial charge < -0.3 is 16.0 Å². The zero-order chi connectivity index (χ0) is 23.1. The number of nitrogens with one attached hydrogen (secondary N) is 2. The van der Waals surface area contributed by atoms with E-state index in [-0.39, 0.29) is 17.5 Å². The summed E-state index contributed by atoms with van der Waals surface area (Å²) in [6, 6.07) is 13.5. The number of imidazole rings is 1. The molecule has 0 aliphatic rings. The van der Waals surface area contributed by atoms with Crippen molar-refractivity contribution >= 4 is 33.7 Å².